The summed E-state index contributed by atoms with van der Waals surface area (Å²) in [7, 11) is 0. The molecule has 0 atom stereocenters. The average molecular weight is 273 g/mol. The van der Waals surface area contributed by atoms with Gasteiger partial charge in [0.1, 0.15) is 5.56 Å². The monoisotopic (exact) mass is 273 g/mol. The number of H-pyrrole nitrogens is 1. The first kappa shape index (κ1) is 13.5. The van der Waals surface area contributed by atoms with Gasteiger partial charge in [0.2, 0.25) is 5.43 Å². The van der Waals surface area contributed by atoms with Crippen LogP contribution in [-0.2, 0) is 4.79 Å². The molecule has 0 saturated carbocycles. The number of pyridine rings is 1. The van der Waals surface area contributed by atoms with Gasteiger partial charge in [-0.25, -0.2) is 4.79 Å². The first-order valence-corrected chi connectivity index (χ1v) is 5.76. The van der Waals surface area contributed by atoms with E-state index >= 15 is 0 Å². The molecule has 2 rings (SSSR count). The maximum absolute atomic E-state index is 12.0. The maximum atomic E-state index is 12.0. The number of carboxylic acids is 2. The second-order valence-corrected chi connectivity index (χ2v) is 4.14. The molecule has 6 nitrogen and oxygen atoms in total. The van der Waals surface area contributed by atoms with Crippen LogP contribution in [0, 0.1) is 0 Å². The van der Waals surface area contributed by atoms with E-state index in [1.165, 1.54) is 12.1 Å². The molecule has 0 saturated heterocycles. The number of aliphatic carboxylic acids is 1. The van der Waals surface area contributed by atoms with Crippen LogP contribution in [0.5, 0.6) is 0 Å². The van der Waals surface area contributed by atoms with Gasteiger partial charge in [-0.1, -0.05) is 18.2 Å². The SMILES string of the molecule is O=C(O)CC=Cc1ccc2[nH]cc(C(=O)O)c(=O)c2c1. The number of rotatable bonds is 4. The molecule has 0 radical (unpaired) electrons. The molecule has 0 amide bonds. The Balaban J connectivity index is 2.49. The zero-order valence-electron chi connectivity index (χ0n) is 10.3. The summed E-state index contributed by atoms with van der Waals surface area (Å²) < 4.78 is 0. The summed E-state index contributed by atoms with van der Waals surface area (Å²) in [4.78, 5) is 36.0. The Hall–Kier alpha value is -2.89. The number of aromatic amines is 1. The molecule has 0 spiro atoms. The van der Waals surface area contributed by atoms with Crippen LogP contribution in [0.1, 0.15) is 22.3 Å². The third-order valence-corrected chi connectivity index (χ3v) is 2.74. The maximum Gasteiger partial charge on any atom is 0.341 e. The number of carboxylic acid groups (broad SMARTS) is 2. The standard InChI is InChI=1S/C14H11NO5/c16-12(17)3-1-2-8-4-5-11-9(6-8)13(18)10(7-15-11)14(19)20/h1-2,4-7H,3H2,(H,15,18)(H,16,17)(H,19,20). The Kier molecular flexibility index (Phi) is 3.65. The summed E-state index contributed by atoms with van der Waals surface area (Å²) in [5, 5.41) is 17.7. The highest BCUT2D eigenvalue weighted by molar-refractivity contribution is 5.92. The lowest BCUT2D eigenvalue weighted by Crippen LogP contribution is -2.15. The molecular weight excluding hydrogens is 262 g/mol. The number of aromatic nitrogens is 1. The summed E-state index contributed by atoms with van der Waals surface area (Å²) in [6, 6.07) is 4.87. The Morgan fingerprint density at radius 2 is 2.00 bits per heavy atom. The van der Waals surface area contributed by atoms with Gasteiger partial charge in [0, 0.05) is 17.1 Å². The van der Waals surface area contributed by atoms with Gasteiger partial charge in [0.15, 0.2) is 0 Å². The molecule has 0 aliphatic carbocycles. The van der Waals surface area contributed by atoms with Crippen molar-refractivity contribution < 1.29 is 19.8 Å². The minimum absolute atomic E-state index is 0.121. The van der Waals surface area contributed by atoms with Gasteiger partial charge in [-0.15, -0.1) is 0 Å². The van der Waals surface area contributed by atoms with Crippen LogP contribution in [0.2, 0.25) is 0 Å². The lowest BCUT2D eigenvalue weighted by atomic mass is 10.1. The van der Waals surface area contributed by atoms with Crippen LogP contribution >= 0.6 is 0 Å². The summed E-state index contributed by atoms with van der Waals surface area (Å²) in [6.45, 7) is 0. The summed E-state index contributed by atoms with van der Waals surface area (Å²) in [5.41, 5.74) is 0.256. The lowest BCUT2D eigenvalue weighted by molar-refractivity contribution is -0.135. The van der Waals surface area contributed by atoms with E-state index in [-0.39, 0.29) is 17.4 Å². The topological polar surface area (TPSA) is 107 Å². The molecule has 1 heterocycles. The summed E-state index contributed by atoms with van der Waals surface area (Å²) in [6.07, 6.45) is 4.07. The van der Waals surface area contributed by atoms with E-state index in [0.29, 0.717) is 11.1 Å². The minimum atomic E-state index is -1.29. The van der Waals surface area contributed by atoms with Gasteiger partial charge < -0.3 is 15.2 Å². The van der Waals surface area contributed by atoms with Crippen molar-refractivity contribution in [2.24, 2.45) is 0 Å². The number of hydrogen-bond donors (Lipinski definition) is 3. The molecule has 0 bridgehead atoms. The van der Waals surface area contributed by atoms with E-state index < -0.39 is 17.4 Å². The molecule has 0 fully saturated rings. The molecule has 0 aliphatic heterocycles. The largest absolute Gasteiger partial charge is 0.481 e. The van der Waals surface area contributed by atoms with Crippen molar-refractivity contribution in [3.05, 3.63) is 51.8 Å². The molecule has 3 N–H and O–H groups in total. The Bertz CT molecular complexity index is 773. The van der Waals surface area contributed by atoms with E-state index in [1.807, 2.05) is 0 Å². The average Bonchev–Trinajstić information content (AvgIpc) is 2.39. The Morgan fingerprint density at radius 1 is 1.25 bits per heavy atom. The van der Waals surface area contributed by atoms with Gasteiger partial charge in [-0.2, -0.15) is 0 Å². The molecule has 0 unspecified atom stereocenters. The molecule has 0 aliphatic rings. The van der Waals surface area contributed by atoms with Crippen molar-refractivity contribution in [2.75, 3.05) is 0 Å². The van der Waals surface area contributed by atoms with Crippen LogP contribution in [-0.4, -0.2) is 27.1 Å². The molecule has 102 valence electrons. The van der Waals surface area contributed by atoms with Crippen molar-refractivity contribution in [3.8, 4) is 0 Å². The lowest BCUT2D eigenvalue weighted by Gasteiger charge is -2.01. The number of aromatic carboxylic acids is 1. The third-order valence-electron chi connectivity index (χ3n) is 2.74. The fourth-order valence-corrected chi connectivity index (χ4v) is 1.79. The quantitative estimate of drug-likeness (QED) is 0.786. The van der Waals surface area contributed by atoms with Crippen molar-refractivity contribution in [2.45, 2.75) is 6.42 Å². The number of fused-ring (bicyclic) bond motifs is 1. The van der Waals surface area contributed by atoms with Gasteiger partial charge in [-0.05, 0) is 17.7 Å². The molecule has 1 aromatic heterocycles. The number of hydrogen-bond acceptors (Lipinski definition) is 3. The van der Waals surface area contributed by atoms with Crippen molar-refractivity contribution in [1.29, 1.82) is 0 Å². The fraction of sp³-hybridized carbons (Fsp3) is 0.0714. The van der Waals surface area contributed by atoms with Crippen molar-refractivity contribution in [1.82, 2.24) is 4.98 Å². The summed E-state index contributed by atoms with van der Waals surface area (Å²) in [5.74, 6) is -2.24. The van der Waals surface area contributed by atoms with Crippen molar-refractivity contribution >= 4 is 28.9 Å². The smallest absolute Gasteiger partial charge is 0.341 e. The summed E-state index contributed by atoms with van der Waals surface area (Å²) >= 11 is 0. The predicted octanol–water partition coefficient (Wildman–Crippen LogP) is 1.71. The highest BCUT2D eigenvalue weighted by Gasteiger charge is 2.11. The number of nitrogens with one attached hydrogen (secondary N) is 1. The van der Waals surface area contributed by atoms with Crippen molar-refractivity contribution in [3.63, 3.8) is 0 Å². The van der Waals surface area contributed by atoms with Gasteiger partial charge in [0.25, 0.3) is 0 Å². The fourth-order valence-electron chi connectivity index (χ4n) is 1.79. The van der Waals surface area contributed by atoms with Crippen LogP contribution in [0.25, 0.3) is 17.0 Å². The first-order chi connectivity index (χ1) is 9.49. The molecule has 20 heavy (non-hydrogen) atoms. The normalized spacial score (nSPS) is 11.0. The van der Waals surface area contributed by atoms with E-state index in [4.69, 9.17) is 10.2 Å². The highest BCUT2D eigenvalue weighted by atomic mass is 16.4. The van der Waals surface area contributed by atoms with E-state index in [0.717, 1.165) is 6.20 Å². The van der Waals surface area contributed by atoms with Crippen LogP contribution in [0.4, 0.5) is 0 Å². The molecule has 2 aromatic rings. The van der Waals surface area contributed by atoms with Crippen LogP contribution < -0.4 is 5.43 Å². The second-order valence-electron chi connectivity index (χ2n) is 4.14. The Morgan fingerprint density at radius 3 is 2.65 bits per heavy atom. The second kappa shape index (κ2) is 5.40. The number of benzene rings is 1. The van der Waals surface area contributed by atoms with E-state index in [9.17, 15) is 14.4 Å². The van der Waals surface area contributed by atoms with Gasteiger partial charge in [-0.3, -0.25) is 9.59 Å². The zero-order valence-corrected chi connectivity index (χ0v) is 10.3. The van der Waals surface area contributed by atoms with E-state index in [2.05, 4.69) is 4.98 Å². The highest BCUT2D eigenvalue weighted by Crippen LogP contribution is 2.13. The van der Waals surface area contributed by atoms with Gasteiger partial charge >= 0.3 is 11.9 Å². The van der Waals surface area contributed by atoms with Crippen LogP contribution in [0.3, 0.4) is 0 Å². The number of carbonyl (C=O) groups is 2. The van der Waals surface area contributed by atoms with Crippen LogP contribution in [0.15, 0.2) is 35.3 Å². The predicted molar refractivity (Wildman–Crippen MR) is 72.8 cm³/mol. The Labute approximate surface area is 113 Å². The zero-order chi connectivity index (χ0) is 14.7. The molecule has 6 heteroatoms. The molecular formula is C14H11NO5. The first-order valence-electron chi connectivity index (χ1n) is 5.76. The minimum Gasteiger partial charge on any atom is -0.481 e. The molecule has 1 aromatic carbocycles. The van der Waals surface area contributed by atoms with E-state index in [1.54, 1.807) is 18.2 Å². The third kappa shape index (κ3) is 2.74. The van der Waals surface area contributed by atoms with Gasteiger partial charge in [0.05, 0.1) is 6.42 Å².